The van der Waals surface area contributed by atoms with Crippen molar-refractivity contribution in [2.45, 2.75) is 39.7 Å². The van der Waals surface area contributed by atoms with Gasteiger partial charge in [-0.15, -0.1) is 12.4 Å². The first kappa shape index (κ1) is 18.7. The second-order valence-corrected chi connectivity index (χ2v) is 5.86. The molecule has 2 heterocycles. The van der Waals surface area contributed by atoms with Crippen molar-refractivity contribution in [3.63, 3.8) is 0 Å². The maximum atomic E-state index is 12.1. The van der Waals surface area contributed by atoms with Crippen LogP contribution in [-0.4, -0.2) is 23.6 Å². The summed E-state index contributed by atoms with van der Waals surface area (Å²) >= 11 is 0. The molecule has 2 rings (SSSR count). The van der Waals surface area contributed by atoms with Gasteiger partial charge in [0.15, 0.2) is 0 Å². The van der Waals surface area contributed by atoms with Gasteiger partial charge in [0.2, 0.25) is 5.91 Å². The van der Waals surface area contributed by atoms with Crippen molar-refractivity contribution in [2.24, 2.45) is 11.8 Å². The fourth-order valence-electron chi connectivity index (χ4n) is 2.94. The topological polar surface area (TPSA) is 63.1 Å². The molecule has 0 bridgehead atoms. The molecule has 5 nitrogen and oxygen atoms in total. The van der Waals surface area contributed by atoms with Gasteiger partial charge in [-0.05, 0) is 50.8 Å². The highest BCUT2D eigenvalue weighted by atomic mass is 35.5. The molecule has 1 aromatic rings. The van der Waals surface area contributed by atoms with Crippen molar-refractivity contribution in [3.8, 4) is 0 Å². The number of amides is 1. The molecule has 1 atom stereocenters. The Balaban J connectivity index is 0.00000242. The largest absolute Gasteiger partial charge is 0.325 e. The van der Waals surface area contributed by atoms with Gasteiger partial charge in [0, 0.05) is 25.2 Å². The molecule has 0 spiro atoms. The predicted molar refractivity (Wildman–Crippen MR) is 91.6 cm³/mol. The summed E-state index contributed by atoms with van der Waals surface area (Å²) in [7, 11) is 0. The lowest BCUT2D eigenvalue weighted by Gasteiger charge is -2.27. The van der Waals surface area contributed by atoms with E-state index in [1.54, 1.807) is 16.8 Å². The minimum Gasteiger partial charge on any atom is -0.325 e. The summed E-state index contributed by atoms with van der Waals surface area (Å²) < 4.78 is 1.59. The van der Waals surface area contributed by atoms with Crippen LogP contribution in [0, 0.1) is 11.8 Å². The maximum absolute atomic E-state index is 12.1. The van der Waals surface area contributed by atoms with Gasteiger partial charge < -0.3 is 15.2 Å². The van der Waals surface area contributed by atoms with Gasteiger partial charge in [-0.2, -0.15) is 0 Å². The molecule has 0 saturated carbocycles. The molecule has 2 N–H and O–H groups in total. The lowest BCUT2D eigenvalue weighted by Crippen LogP contribution is -2.32. The zero-order chi connectivity index (χ0) is 15.2. The molecule has 1 amide bonds. The van der Waals surface area contributed by atoms with Gasteiger partial charge in [-0.1, -0.05) is 6.92 Å². The Morgan fingerprint density at radius 3 is 2.73 bits per heavy atom. The van der Waals surface area contributed by atoms with Gasteiger partial charge in [-0.25, -0.2) is 0 Å². The van der Waals surface area contributed by atoms with E-state index in [0.29, 0.717) is 30.5 Å². The molecule has 6 heteroatoms. The van der Waals surface area contributed by atoms with Gasteiger partial charge in [0.25, 0.3) is 5.56 Å². The highest BCUT2D eigenvalue weighted by molar-refractivity contribution is 5.90. The molecule has 1 unspecified atom stereocenters. The monoisotopic (exact) mass is 327 g/mol. The summed E-state index contributed by atoms with van der Waals surface area (Å²) in [6.07, 6.45) is 4.54. The number of anilines is 1. The molecule has 1 aliphatic rings. The first-order valence-corrected chi connectivity index (χ1v) is 7.81. The summed E-state index contributed by atoms with van der Waals surface area (Å²) in [5, 5.41) is 6.25. The predicted octanol–water partition coefficient (Wildman–Crippen LogP) is 2.25. The third-order valence-electron chi connectivity index (χ3n) is 4.30. The van der Waals surface area contributed by atoms with E-state index in [0.717, 1.165) is 25.9 Å². The number of hydrogen-bond acceptors (Lipinski definition) is 3. The summed E-state index contributed by atoms with van der Waals surface area (Å²) in [6, 6.07) is 3.16. The fraction of sp³-hybridized carbons (Fsp3) is 0.625. The van der Waals surface area contributed by atoms with Crippen molar-refractivity contribution in [3.05, 3.63) is 28.7 Å². The average molecular weight is 328 g/mol. The van der Waals surface area contributed by atoms with Crippen LogP contribution < -0.4 is 16.2 Å². The van der Waals surface area contributed by atoms with Gasteiger partial charge in [0.05, 0.1) is 5.69 Å². The smallest absolute Gasteiger partial charge is 0.250 e. The summed E-state index contributed by atoms with van der Waals surface area (Å²) in [4.78, 5) is 23.7. The lowest BCUT2D eigenvalue weighted by molar-refractivity contribution is -0.117. The molecular formula is C16H26ClN3O2. The van der Waals surface area contributed by atoms with Crippen LogP contribution in [0.25, 0.3) is 0 Å². The number of halogens is 1. The van der Waals surface area contributed by atoms with Crippen LogP contribution in [0.2, 0.25) is 0 Å². The zero-order valence-corrected chi connectivity index (χ0v) is 14.1. The molecule has 22 heavy (non-hydrogen) atoms. The minimum absolute atomic E-state index is 0. The maximum Gasteiger partial charge on any atom is 0.250 e. The molecule has 0 radical (unpaired) electrons. The fourth-order valence-corrected chi connectivity index (χ4v) is 2.94. The first-order chi connectivity index (χ1) is 10.1. The SMILES string of the molecule is CCn1cc(NC(=O)CC(C)C2CCNCC2)ccc1=O.Cl. The average Bonchev–Trinajstić information content (AvgIpc) is 2.50. The molecule has 0 aliphatic carbocycles. The number of carbonyl (C=O) groups is 1. The zero-order valence-electron chi connectivity index (χ0n) is 13.3. The number of rotatable bonds is 5. The van der Waals surface area contributed by atoms with E-state index in [1.807, 2.05) is 6.92 Å². The summed E-state index contributed by atoms with van der Waals surface area (Å²) in [6.45, 7) is 6.78. The van der Waals surface area contributed by atoms with E-state index in [1.165, 1.54) is 6.07 Å². The number of carbonyl (C=O) groups excluding carboxylic acids is 1. The van der Waals surface area contributed by atoms with Crippen LogP contribution in [0.5, 0.6) is 0 Å². The quantitative estimate of drug-likeness (QED) is 0.872. The van der Waals surface area contributed by atoms with Crippen molar-refractivity contribution in [1.82, 2.24) is 9.88 Å². The van der Waals surface area contributed by atoms with Gasteiger partial charge in [-0.3, -0.25) is 9.59 Å². The standard InChI is InChI=1S/C16H25N3O2.ClH/c1-3-19-11-14(4-5-16(19)21)18-15(20)10-12(2)13-6-8-17-9-7-13;/h4-5,11-13,17H,3,6-10H2,1-2H3,(H,18,20);1H. The third-order valence-corrected chi connectivity index (χ3v) is 4.30. The van der Waals surface area contributed by atoms with E-state index in [9.17, 15) is 9.59 Å². The molecule has 1 aromatic heterocycles. The van der Waals surface area contributed by atoms with Gasteiger partial charge in [0.1, 0.15) is 0 Å². The molecule has 124 valence electrons. The van der Waals surface area contributed by atoms with Crippen LogP contribution in [0.15, 0.2) is 23.1 Å². The number of nitrogens with zero attached hydrogens (tertiary/aromatic N) is 1. The number of hydrogen-bond donors (Lipinski definition) is 2. The Hall–Kier alpha value is -1.33. The number of nitrogens with one attached hydrogen (secondary N) is 2. The molecule has 1 fully saturated rings. The van der Waals surface area contributed by atoms with Crippen LogP contribution in [0.4, 0.5) is 5.69 Å². The van der Waals surface area contributed by atoms with E-state index in [-0.39, 0.29) is 23.9 Å². The second-order valence-electron chi connectivity index (χ2n) is 5.86. The summed E-state index contributed by atoms with van der Waals surface area (Å²) in [5.41, 5.74) is 0.650. The van der Waals surface area contributed by atoms with Crippen molar-refractivity contribution < 1.29 is 4.79 Å². The second kappa shape index (κ2) is 8.96. The van der Waals surface area contributed by atoms with Crippen molar-refractivity contribution in [2.75, 3.05) is 18.4 Å². The normalized spacial score (nSPS) is 16.6. The first-order valence-electron chi connectivity index (χ1n) is 7.81. The van der Waals surface area contributed by atoms with Crippen LogP contribution in [0.1, 0.15) is 33.1 Å². The van der Waals surface area contributed by atoms with E-state index in [4.69, 9.17) is 0 Å². The Kier molecular flexibility index (Phi) is 7.62. The highest BCUT2D eigenvalue weighted by Gasteiger charge is 2.22. The molecular weight excluding hydrogens is 302 g/mol. The van der Waals surface area contributed by atoms with Crippen molar-refractivity contribution in [1.29, 1.82) is 0 Å². The Labute approximate surface area is 137 Å². The third kappa shape index (κ3) is 5.14. The van der Waals surface area contributed by atoms with E-state index >= 15 is 0 Å². The van der Waals surface area contributed by atoms with Crippen LogP contribution >= 0.6 is 12.4 Å². The van der Waals surface area contributed by atoms with E-state index in [2.05, 4.69) is 17.6 Å². The Bertz CT molecular complexity index is 538. The van der Waals surface area contributed by atoms with Crippen LogP contribution in [0.3, 0.4) is 0 Å². The number of pyridine rings is 1. The van der Waals surface area contributed by atoms with Gasteiger partial charge >= 0.3 is 0 Å². The number of piperidine rings is 1. The van der Waals surface area contributed by atoms with Crippen molar-refractivity contribution >= 4 is 24.0 Å². The van der Waals surface area contributed by atoms with E-state index < -0.39 is 0 Å². The number of aromatic nitrogens is 1. The Morgan fingerprint density at radius 1 is 1.41 bits per heavy atom. The summed E-state index contributed by atoms with van der Waals surface area (Å²) in [5.74, 6) is 1.05. The highest BCUT2D eigenvalue weighted by Crippen LogP contribution is 2.24. The minimum atomic E-state index is -0.0430. The Morgan fingerprint density at radius 2 is 2.09 bits per heavy atom. The molecule has 1 aliphatic heterocycles. The molecule has 0 aromatic carbocycles. The number of aryl methyl sites for hydroxylation is 1. The lowest BCUT2D eigenvalue weighted by atomic mass is 9.84. The molecule has 1 saturated heterocycles. The van der Waals surface area contributed by atoms with Crippen LogP contribution in [-0.2, 0) is 11.3 Å².